The van der Waals surface area contributed by atoms with E-state index < -0.39 is 0 Å². The molecule has 5 rings (SSSR count). The fourth-order valence-electron chi connectivity index (χ4n) is 4.73. The van der Waals surface area contributed by atoms with Gasteiger partial charge in [0.25, 0.3) is 5.91 Å². The molecule has 4 heterocycles. The zero-order chi connectivity index (χ0) is 23.5. The number of rotatable bonds is 6. The van der Waals surface area contributed by atoms with E-state index >= 15 is 0 Å². The van der Waals surface area contributed by atoms with Crippen molar-refractivity contribution in [2.45, 2.75) is 45.6 Å². The van der Waals surface area contributed by atoms with Crippen LogP contribution in [0.25, 0.3) is 11.2 Å². The first-order chi connectivity index (χ1) is 16.5. The number of hydrogen-bond donors (Lipinski definition) is 1. The SMILES string of the molecule is Cc1ccc(OCC(=O)Nc2cnc3nc(N4CCC(N5CCCC5)CC4)nc(C)c3n2)cc1. The zero-order valence-electron chi connectivity index (χ0n) is 19.8. The van der Waals surface area contributed by atoms with Gasteiger partial charge >= 0.3 is 0 Å². The van der Waals surface area contributed by atoms with Gasteiger partial charge in [-0.1, -0.05) is 17.7 Å². The first-order valence-electron chi connectivity index (χ1n) is 12.0. The normalized spacial score (nSPS) is 17.3. The van der Waals surface area contributed by atoms with Gasteiger partial charge < -0.3 is 19.9 Å². The maximum atomic E-state index is 12.3. The molecule has 0 radical (unpaired) electrons. The molecule has 0 spiro atoms. The molecule has 0 atom stereocenters. The Bertz CT molecular complexity index is 1150. The van der Waals surface area contributed by atoms with Crippen LogP contribution >= 0.6 is 0 Å². The van der Waals surface area contributed by atoms with E-state index in [1.165, 1.54) is 32.1 Å². The van der Waals surface area contributed by atoms with Crippen molar-refractivity contribution in [2.24, 2.45) is 0 Å². The summed E-state index contributed by atoms with van der Waals surface area (Å²) in [5, 5.41) is 2.74. The van der Waals surface area contributed by atoms with Crippen LogP contribution in [-0.4, -0.2) is 69.6 Å². The minimum absolute atomic E-state index is 0.107. The van der Waals surface area contributed by atoms with Crippen molar-refractivity contribution in [1.29, 1.82) is 0 Å². The van der Waals surface area contributed by atoms with E-state index in [4.69, 9.17) is 9.72 Å². The second kappa shape index (κ2) is 9.89. The number of anilines is 2. The molecule has 9 nitrogen and oxygen atoms in total. The van der Waals surface area contributed by atoms with Gasteiger partial charge in [-0.3, -0.25) is 4.79 Å². The van der Waals surface area contributed by atoms with Crippen LogP contribution in [0.15, 0.2) is 30.5 Å². The third-order valence-corrected chi connectivity index (χ3v) is 6.63. The van der Waals surface area contributed by atoms with Crippen molar-refractivity contribution in [3.8, 4) is 5.75 Å². The number of nitrogens with zero attached hydrogens (tertiary/aromatic N) is 6. The number of nitrogens with one attached hydrogen (secondary N) is 1. The first-order valence-corrected chi connectivity index (χ1v) is 12.0. The van der Waals surface area contributed by atoms with Gasteiger partial charge in [0, 0.05) is 19.1 Å². The average Bonchev–Trinajstić information content (AvgIpc) is 3.39. The Kier molecular flexibility index (Phi) is 6.53. The van der Waals surface area contributed by atoms with Gasteiger partial charge in [0.15, 0.2) is 18.1 Å². The second-order valence-corrected chi connectivity index (χ2v) is 9.15. The molecule has 178 valence electrons. The van der Waals surface area contributed by atoms with Crippen LogP contribution < -0.4 is 15.0 Å². The molecular formula is C25H31N7O2. The van der Waals surface area contributed by atoms with E-state index in [0.29, 0.717) is 34.7 Å². The van der Waals surface area contributed by atoms with Crippen molar-refractivity contribution in [3.63, 3.8) is 0 Å². The molecule has 0 saturated carbocycles. The lowest BCUT2D eigenvalue weighted by Gasteiger charge is -2.36. The predicted octanol–water partition coefficient (Wildman–Crippen LogP) is 3.12. The predicted molar refractivity (Wildman–Crippen MR) is 131 cm³/mol. The molecule has 0 unspecified atom stereocenters. The average molecular weight is 462 g/mol. The van der Waals surface area contributed by atoms with Gasteiger partial charge in [-0.15, -0.1) is 0 Å². The van der Waals surface area contributed by atoms with Crippen LogP contribution in [0.2, 0.25) is 0 Å². The Morgan fingerprint density at radius 2 is 1.76 bits per heavy atom. The Morgan fingerprint density at radius 3 is 2.50 bits per heavy atom. The molecule has 0 aliphatic carbocycles. The van der Waals surface area contributed by atoms with Crippen LogP contribution in [0.4, 0.5) is 11.8 Å². The van der Waals surface area contributed by atoms with Crippen LogP contribution in [0.3, 0.4) is 0 Å². The van der Waals surface area contributed by atoms with Crippen LogP contribution in [-0.2, 0) is 4.79 Å². The number of carbonyl (C=O) groups excluding carboxylic acids is 1. The minimum Gasteiger partial charge on any atom is -0.484 e. The van der Waals surface area contributed by atoms with E-state index in [1.54, 1.807) is 0 Å². The van der Waals surface area contributed by atoms with E-state index in [-0.39, 0.29) is 12.5 Å². The smallest absolute Gasteiger partial charge is 0.263 e. The molecule has 34 heavy (non-hydrogen) atoms. The van der Waals surface area contributed by atoms with E-state index in [2.05, 4.69) is 30.1 Å². The lowest BCUT2D eigenvalue weighted by molar-refractivity contribution is -0.118. The summed E-state index contributed by atoms with van der Waals surface area (Å²) < 4.78 is 5.54. The molecule has 1 aromatic carbocycles. The van der Waals surface area contributed by atoms with Gasteiger partial charge in [0.05, 0.1) is 11.9 Å². The monoisotopic (exact) mass is 461 g/mol. The van der Waals surface area contributed by atoms with E-state index in [9.17, 15) is 4.79 Å². The molecule has 2 aromatic heterocycles. The molecule has 2 aliphatic heterocycles. The van der Waals surface area contributed by atoms with Crippen molar-refractivity contribution in [2.75, 3.05) is 43.0 Å². The number of benzene rings is 1. The summed E-state index contributed by atoms with van der Waals surface area (Å²) in [7, 11) is 0. The maximum Gasteiger partial charge on any atom is 0.263 e. The molecule has 1 amide bonds. The molecule has 2 aliphatic rings. The van der Waals surface area contributed by atoms with E-state index in [1.807, 2.05) is 38.1 Å². The number of aromatic nitrogens is 4. The zero-order valence-corrected chi connectivity index (χ0v) is 19.8. The van der Waals surface area contributed by atoms with Crippen molar-refractivity contribution >= 4 is 28.8 Å². The molecular weight excluding hydrogens is 430 g/mol. The number of amides is 1. The molecule has 2 saturated heterocycles. The summed E-state index contributed by atoms with van der Waals surface area (Å²) in [5.74, 6) is 1.41. The van der Waals surface area contributed by atoms with Gasteiger partial charge in [-0.25, -0.2) is 15.0 Å². The Balaban J connectivity index is 1.21. The highest BCUT2D eigenvalue weighted by Crippen LogP contribution is 2.25. The molecule has 3 aromatic rings. The molecule has 9 heteroatoms. The minimum atomic E-state index is -0.301. The maximum absolute atomic E-state index is 12.3. The van der Waals surface area contributed by atoms with Gasteiger partial charge in [-0.05, 0) is 64.8 Å². The Hall–Kier alpha value is -3.33. The van der Waals surface area contributed by atoms with E-state index in [0.717, 1.165) is 37.2 Å². The third-order valence-electron chi connectivity index (χ3n) is 6.63. The molecule has 2 fully saturated rings. The molecule has 1 N–H and O–H groups in total. The number of piperidine rings is 1. The Morgan fingerprint density at radius 1 is 1.03 bits per heavy atom. The standard InChI is InChI=1S/C25H31N7O2/c1-17-5-7-20(8-6-17)34-16-22(33)28-21-15-26-24-23(29-21)18(2)27-25(30-24)32-13-9-19(10-14-32)31-11-3-4-12-31/h5-8,15,19H,3-4,9-14,16H2,1-2H3,(H,28,29,33). The molecule has 0 bridgehead atoms. The summed E-state index contributed by atoms with van der Waals surface area (Å²) in [4.78, 5) is 35.6. The first kappa shape index (κ1) is 22.5. The number of aryl methyl sites for hydroxylation is 2. The Labute approximate surface area is 199 Å². The highest BCUT2D eigenvalue weighted by Gasteiger charge is 2.27. The fourth-order valence-corrected chi connectivity index (χ4v) is 4.73. The largest absolute Gasteiger partial charge is 0.484 e. The summed E-state index contributed by atoms with van der Waals surface area (Å²) in [5.41, 5.74) is 3.02. The topological polar surface area (TPSA) is 96.4 Å². The highest BCUT2D eigenvalue weighted by molar-refractivity contribution is 5.91. The van der Waals surface area contributed by atoms with Gasteiger partial charge in [-0.2, -0.15) is 4.98 Å². The van der Waals surface area contributed by atoms with Crippen molar-refractivity contribution in [3.05, 3.63) is 41.7 Å². The second-order valence-electron chi connectivity index (χ2n) is 9.15. The number of ether oxygens (including phenoxy) is 1. The number of carbonyl (C=O) groups is 1. The fraction of sp³-hybridized carbons (Fsp3) is 0.480. The van der Waals surface area contributed by atoms with Gasteiger partial charge in [0.2, 0.25) is 5.95 Å². The van der Waals surface area contributed by atoms with Gasteiger partial charge in [0.1, 0.15) is 11.3 Å². The van der Waals surface area contributed by atoms with Crippen LogP contribution in [0.5, 0.6) is 5.75 Å². The quantitative estimate of drug-likeness (QED) is 0.598. The summed E-state index contributed by atoms with van der Waals surface area (Å²) in [6.45, 7) is 8.19. The van der Waals surface area contributed by atoms with Crippen molar-refractivity contribution < 1.29 is 9.53 Å². The lowest BCUT2D eigenvalue weighted by atomic mass is 10.0. The number of hydrogen-bond acceptors (Lipinski definition) is 8. The highest BCUT2D eigenvalue weighted by atomic mass is 16.5. The van der Waals surface area contributed by atoms with Crippen LogP contribution in [0, 0.1) is 13.8 Å². The van der Waals surface area contributed by atoms with Crippen molar-refractivity contribution in [1.82, 2.24) is 24.8 Å². The van der Waals surface area contributed by atoms with Crippen LogP contribution in [0.1, 0.15) is 36.9 Å². The lowest BCUT2D eigenvalue weighted by Crippen LogP contribution is -2.44. The summed E-state index contributed by atoms with van der Waals surface area (Å²) in [6.07, 6.45) is 6.47. The number of fused-ring (bicyclic) bond motifs is 1. The third kappa shape index (κ3) is 5.09. The summed E-state index contributed by atoms with van der Waals surface area (Å²) in [6, 6.07) is 8.24. The number of likely N-dealkylation sites (tertiary alicyclic amines) is 1. The summed E-state index contributed by atoms with van der Waals surface area (Å²) >= 11 is 0.